The fourth-order valence-corrected chi connectivity index (χ4v) is 2.41. The van der Waals surface area contributed by atoms with Gasteiger partial charge in [0.25, 0.3) is 5.56 Å². The zero-order valence-electron chi connectivity index (χ0n) is 13.7. The molecule has 8 nitrogen and oxygen atoms in total. The van der Waals surface area contributed by atoms with E-state index in [1.165, 1.54) is 17.0 Å². The molecule has 0 unspecified atom stereocenters. The molecule has 3 rings (SSSR count). The maximum absolute atomic E-state index is 12.0. The second kappa shape index (κ2) is 6.15. The molecule has 24 heavy (non-hydrogen) atoms. The van der Waals surface area contributed by atoms with Crippen LogP contribution in [0.3, 0.4) is 0 Å². The predicted octanol–water partition coefficient (Wildman–Crippen LogP) is 1.30. The van der Waals surface area contributed by atoms with Gasteiger partial charge < -0.3 is 14.5 Å². The van der Waals surface area contributed by atoms with Crippen LogP contribution >= 0.6 is 0 Å². The van der Waals surface area contributed by atoms with Gasteiger partial charge in [-0.3, -0.25) is 10.1 Å². The second-order valence-electron chi connectivity index (χ2n) is 5.58. The van der Waals surface area contributed by atoms with Crippen molar-refractivity contribution in [2.45, 2.75) is 13.5 Å². The smallest absolute Gasteiger partial charge is 0.320 e. The molecule has 0 aliphatic heterocycles. The molecule has 0 spiro atoms. The number of nitrogens with zero attached hydrogens (tertiary/aromatic N) is 4. The van der Waals surface area contributed by atoms with Gasteiger partial charge in [0.05, 0.1) is 17.6 Å². The van der Waals surface area contributed by atoms with Crippen LogP contribution in [0, 0.1) is 6.92 Å². The van der Waals surface area contributed by atoms with E-state index in [1.54, 1.807) is 7.05 Å². The number of rotatable bonds is 3. The van der Waals surface area contributed by atoms with Gasteiger partial charge in [-0.05, 0) is 24.6 Å². The third-order valence-corrected chi connectivity index (χ3v) is 3.78. The van der Waals surface area contributed by atoms with Crippen LogP contribution in [0.15, 0.2) is 35.4 Å². The first-order valence-corrected chi connectivity index (χ1v) is 7.44. The number of urea groups is 1. The van der Waals surface area contributed by atoms with Crippen LogP contribution < -0.4 is 16.2 Å². The quantitative estimate of drug-likeness (QED) is 0.758. The summed E-state index contributed by atoms with van der Waals surface area (Å²) in [4.78, 5) is 32.2. The largest absolute Gasteiger partial charge is 0.331 e. The SMILES string of the molecule is Cc1ccc2c(c1)nc(CNC(=O)Nc1nccn(C)c1=O)n2C. The standard InChI is InChI=1S/C16H18N6O2/c1-10-4-5-12-11(8-10)19-13(22(12)3)9-18-16(24)20-14-15(23)21(2)7-6-17-14/h4-8H,9H2,1-3H3,(H2,17,18,20,24). The van der Waals surface area contributed by atoms with Crippen molar-refractivity contribution in [2.75, 3.05) is 5.32 Å². The monoisotopic (exact) mass is 326 g/mol. The van der Waals surface area contributed by atoms with Gasteiger partial charge in [0.2, 0.25) is 5.82 Å². The minimum atomic E-state index is -0.506. The van der Waals surface area contributed by atoms with Crippen molar-refractivity contribution in [1.29, 1.82) is 0 Å². The molecule has 2 heterocycles. The first kappa shape index (κ1) is 15.7. The van der Waals surface area contributed by atoms with Crippen LogP contribution in [-0.2, 0) is 20.6 Å². The number of amides is 2. The Morgan fingerprint density at radius 1 is 1.29 bits per heavy atom. The van der Waals surface area contributed by atoms with Crippen molar-refractivity contribution in [1.82, 2.24) is 24.4 Å². The summed E-state index contributed by atoms with van der Waals surface area (Å²) in [5, 5.41) is 5.14. The molecule has 1 aromatic carbocycles. The lowest BCUT2D eigenvalue weighted by Crippen LogP contribution is -2.33. The molecule has 124 valence electrons. The van der Waals surface area contributed by atoms with Gasteiger partial charge in [-0.2, -0.15) is 0 Å². The molecule has 0 bridgehead atoms. The summed E-state index contributed by atoms with van der Waals surface area (Å²) < 4.78 is 3.27. The van der Waals surface area contributed by atoms with Crippen LogP contribution in [0.25, 0.3) is 11.0 Å². The number of imidazole rings is 1. The second-order valence-corrected chi connectivity index (χ2v) is 5.58. The van der Waals surface area contributed by atoms with E-state index in [2.05, 4.69) is 20.6 Å². The Balaban J connectivity index is 1.71. The predicted molar refractivity (Wildman–Crippen MR) is 90.8 cm³/mol. The normalized spacial score (nSPS) is 10.8. The van der Waals surface area contributed by atoms with E-state index in [0.29, 0.717) is 0 Å². The number of carbonyl (C=O) groups is 1. The number of carbonyl (C=O) groups excluding carboxylic acids is 1. The van der Waals surface area contributed by atoms with E-state index >= 15 is 0 Å². The van der Waals surface area contributed by atoms with Gasteiger partial charge in [0.1, 0.15) is 5.82 Å². The van der Waals surface area contributed by atoms with Crippen molar-refractivity contribution < 1.29 is 4.79 Å². The number of aryl methyl sites for hydroxylation is 3. The van der Waals surface area contributed by atoms with E-state index in [0.717, 1.165) is 22.4 Å². The van der Waals surface area contributed by atoms with Crippen LogP contribution in [-0.4, -0.2) is 25.1 Å². The third kappa shape index (κ3) is 2.98. The lowest BCUT2D eigenvalue weighted by Gasteiger charge is -2.07. The lowest BCUT2D eigenvalue weighted by atomic mass is 10.2. The third-order valence-electron chi connectivity index (χ3n) is 3.78. The molecule has 8 heteroatoms. The summed E-state index contributed by atoms with van der Waals surface area (Å²) in [6, 6.07) is 5.51. The Morgan fingerprint density at radius 3 is 2.88 bits per heavy atom. The van der Waals surface area contributed by atoms with Crippen LogP contribution in [0.2, 0.25) is 0 Å². The summed E-state index contributed by atoms with van der Waals surface area (Å²) >= 11 is 0. The highest BCUT2D eigenvalue weighted by atomic mass is 16.2. The molecule has 0 atom stereocenters. The zero-order chi connectivity index (χ0) is 17.3. The first-order valence-electron chi connectivity index (χ1n) is 7.44. The molecular formula is C16H18N6O2. The highest BCUT2D eigenvalue weighted by Gasteiger charge is 2.11. The van der Waals surface area contributed by atoms with Crippen molar-refractivity contribution in [2.24, 2.45) is 14.1 Å². The molecule has 0 aliphatic carbocycles. The highest BCUT2D eigenvalue weighted by Crippen LogP contribution is 2.16. The number of fused-ring (bicyclic) bond motifs is 1. The number of hydrogen-bond donors (Lipinski definition) is 2. The Labute approximate surface area is 138 Å². The fraction of sp³-hybridized carbons (Fsp3) is 0.250. The number of benzene rings is 1. The van der Waals surface area contributed by atoms with Crippen LogP contribution in [0.4, 0.5) is 10.6 Å². The van der Waals surface area contributed by atoms with Gasteiger partial charge in [0, 0.05) is 26.5 Å². The molecule has 2 amide bonds. The minimum Gasteiger partial charge on any atom is -0.331 e. The summed E-state index contributed by atoms with van der Waals surface area (Å²) in [5.74, 6) is 0.706. The molecule has 0 saturated carbocycles. The van der Waals surface area contributed by atoms with Crippen molar-refractivity contribution in [3.8, 4) is 0 Å². The Hall–Kier alpha value is -3.16. The Bertz CT molecular complexity index is 972. The average Bonchev–Trinajstić information content (AvgIpc) is 2.85. The molecule has 2 N–H and O–H groups in total. The number of hydrogen-bond acceptors (Lipinski definition) is 4. The van der Waals surface area contributed by atoms with E-state index in [1.807, 2.05) is 36.7 Å². The van der Waals surface area contributed by atoms with E-state index < -0.39 is 6.03 Å². The summed E-state index contributed by atoms with van der Waals surface area (Å²) in [6.45, 7) is 2.25. The Morgan fingerprint density at radius 2 is 2.08 bits per heavy atom. The van der Waals surface area contributed by atoms with Gasteiger partial charge >= 0.3 is 6.03 Å². The highest BCUT2D eigenvalue weighted by molar-refractivity contribution is 5.88. The lowest BCUT2D eigenvalue weighted by molar-refractivity contribution is 0.251. The molecule has 0 aliphatic rings. The van der Waals surface area contributed by atoms with E-state index in [-0.39, 0.29) is 17.9 Å². The Kier molecular flexibility index (Phi) is 4.03. The van der Waals surface area contributed by atoms with Crippen molar-refractivity contribution >= 4 is 22.9 Å². The summed E-state index contributed by atoms with van der Waals surface area (Å²) in [5.41, 5.74) is 2.64. The van der Waals surface area contributed by atoms with Gasteiger partial charge in [-0.25, -0.2) is 14.8 Å². The van der Waals surface area contributed by atoms with Gasteiger partial charge in [-0.15, -0.1) is 0 Å². The maximum atomic E-state index is 12.0. The van der Waals surface area contributed by atoms with E-state index in [9.17, 15) is 9.59 Å². The van der Waals surface area contributed by atoms with Gasteiger partial charge in [-0.1, -0.05) is 6.07 Å². The summed E-state index contributed by atoms with van der Waals surface area (Å²) in [7, 11) is 3.49. The number of aromatic nitrogens is 4. The summed E-state index contributed by atoms with van der Waals surface area (Å²) in [6.07, 6.45) is 2.97. The van der Waals surface area contributed by atoms with Gasteiger partial charge in [0.15, 0.2) is 0 Å². The van der Waals surface area contributed by atoms with Crippen LogP contribution in [0.5, 0.6) is 0 Å². The topological polar surface area (TPSA) is 93.8 Å². The molecule has 3 aromatic rings. The minimum absolute atomic E-state index is 0.0156. The number of anilines is 1. The molecular weight excluding hydrogens is 308 g/mol. The maximum Gasteiger partial charge on any atom is 0.320 e. The average molecular weight is 326 g/mol. The number of nitrogens with one attached hydrogen (secondary N) is 2. The fourth-order valence-electron chi connectivity index (χ4n) is 2.41. The molecule has 2 aromatic heterocycles. The van der Waals surface area contributed by atoms with Crippen molar-refractivity contribution in [3.63, 3.8) is 0 Å². The van der Waals surface area contributed by atoms with Crippen LogP contribution in [0.1, 0.15) is 11.4 Å². The van der Waals surface area contributed by atoms with E-state index in [4.69, 9.17) is 0 Å². The molecule has 0 saturated heterocycles. The van der Waals surface area contributed by atoms with Crippen molar-refractivity contribution in [3.05, 3.63) is 52.3 Å². The zero-order valence-corrected chi connectivity index (χ0v) is 13.7. The first-order chi connectivity index (χ1) is 11.5. The molecule has 0 radical (unpaired) electrons. The molecule has 0 fully saturated rings.